The molecule has 0 aromatic carbocycles. The molecular weight excluding hydrogens is 296 g/mol. The minimum absolute atomic E-state index is 0.446. The average Bonchev–Trinajstić information content (AvgIpc) is 2.99. The van der Waals surface area contributed by atoms with Crippen LogP contribution in [0.15, 0.2) is 11.7 Å². The van der Waals surface area contributed by atoms with E-state index in [4.69, 9.17) is 11.6 Å². The lowest BCUT2D eigenvalue weighted by Gasteiger charge is -2.21. The maximum atomic E-state index is 6.17. The van der Waals surface area contributed by atoms with Crippen LogP contribution in [0.4, 0.5) is 5.82 Å². The molecule has 0 radical (unpaired) electrons. The van der Waals surface area contributed by atoms with Crippen molar-refractivity contribution in [3.8, 4) is 0 Å². The molecular formula is C12H13ClN6S. The number of halogens is 1. The number of fused-ring (bicyclic) bond motifs is 1. The summed E-state index contributed by atoms with van der Waals surface area (Å²) in [7, 11) is 1.98. The molecule has 0 fully saturated rings. The van der Waals surface area contributed by atoms with E-state index in [2.05, 4.69) is 30.3 Å². The summed E-state index contributed by atoms with van der Waals surface area (Å²) in [6, 6.07) is 0. The molecule has 6 nitrogen and oxygen atoms in total. The number of aromatic nitrogens is 5. The SMILES string of the molecule is Cc1nc(CN(C)c2c(C)c(Cl)nc3ncnn23)cs1. The van der Waals surface area contributed by atoms with Gasteiger partial charge in [-0.1, -0.05) is 11.6 Å². The molecule has 3 rings (SSSR count). The van der Waals surface area contributed by atoms with Crippen molar-refractivity contribution < 1.29 is 0 Å². The first kappa shape index (κ1) is 13.3. The zero-order valence-corrected chi connectivity index (χ0v) is 12.9. The molecule has 0 spiro atoms. The third-order valence-corrected chi connectivity index (χ3v) is 4.19. The van der Waals surface area contributed by atoms with Crippen LogP contribution in [0.5, 0.6) is 0 Å². The maximum absolute atomic E-state index is 6.17. The second kappa shape index (κ2) is 4.99. The smallest absolute Gasteiger partial charge is 0.255 e. The number of thiazole rings is 1. The van der Waals surface area contributed by atoms with Gasteiger partial charge in [-0.25, -0.2) is 4.98 Å². The molecule has 0 N–H and O–H groups in total. The number of aryl methyl sites for hydroxylation is 1. The van der Waals surface area contributed by atoms with Crippen molar-refractivity contribution in [2.24, 2.45) is 0 Å². The Kier molecular flexibility index (Phi) is 3.31. The standard InChI is InChI=1S/C12H13ClN6S/c1-7-10(13)17-12-14-6-15-19(12)11(7)18(3)4-9-5-20-8(2)16-9/h5-6H,4H2,1-3H3. The summed E-state index contributed by atoms with van der Waals surface area (Å²) >= 11 is 7.81. The highest BCUT2D eigenvalue weighted by Crippen LogP contribution is 2.26. The van der Waals surface area contributed by atoms with Crippen LogP contribution in [0, 0.1) is 13.8 Å². The summed E-state index contributed by atoms with van der Waals surface area (Å²) < 4.78 is 1.69. The Morgan fingerprint density at radius 3 is 2.85 bits per heavy atom. The summed E-state index contributed by atoms with van der Waals surface area (Å²) in [5, 5.41) is 7.78. The van der Waals surface area contributed by atoms with Gasteiger partial charge in [0, 0.05) is 18.0 Å². The highest BCUT2D eigenvalue weighted by atomic mass is 35.5. The molecule has 0 aliphatic carbocycles. The molecule has 104 valence electrons. The summed E-state index contributed by atoms with van der Waals surface area (Å²) in [5.74, 6) is 1.38. The molecule has 3 aromatic rings. The molecule has 0 atom stereocenters. The van der Waals surface area contributed by atoms with Crippen molar-refractivity contribution in [3.63, 3.8) is 0 Å². The van der Waals surface area contributed by atoms with Crippen LogP contribution in [0.2, 0.25) is 5.15 Å². The van der Waals surface area contributed by atoms with Gasteiger partial charge in [0.25, 0.3) is 5.78 Å². The first-order chi connectivity index (χ1) is 9.56. The molecule has 0 amide bonds. The van der Waals surface area contributed by atoms with E-state index in [-0.39, 0.29) is 0 Å². The molecule has 0 saturated carbocycles. The summed E-state index contributed by atoms with van der Waals surface area (Å²) in [4.78, 5) is 14.8. The predicted octanol–water partition coefficient (Wildman–Crippen LogP) is 2.49. The first-order valence-electron chi connectivity index (χ1n) is 6.04. The van der Waals surface area contributed by atoms with Crippen LogP contribution in [0.1, 0.15) is 16.3 Å². The van der Waals surface area contributed by atoms with Crippen LogP contribution >= 0.6 is 22.9 Å². The molecule has 0 aliphatic heterocycles. The van der Waals surface area contributed by atoms with Crippen LogP contribution < -0.4 is 4.90 Å². The van der Waals surface area contributed by atoms with Crippen molar-refractivity contribution >= 4 is 34.5 Å². The number of rotatable bonds is 3. The van der Waals surface area contributed by atoms with Gasteiger partial charge in [0.15, 0.2) is 0 Å². The normalized spacial score (nSPS) is 11.2. The van der Waals surface area contributed by atoms with Crippen molar-refractivity contribution in [1.29, 1.82) is 0 Å². The van der Waals surface area contributed by atoms with Gasteiger partial charge in [-0.2, -0.15) is 19.6 Å². The number of anilines is 1. The quantitative estimate of drug-likeness (QED) is 0.696. The lowest BCUT2D eigenvalue weighted by atomic mass is 10.3. The van der Waals surface area contributed by atoms with Crippen LogP contribution in [0.25, 0.3) is 5.78 Å². The van der Waals surface area contributed by atoms with E-state index in [9.17, 15) is 0 Å². The third kappa shape index (κ3) is 2.23. The van der Waals surface area contributed by atoms with Gasteiger partial charge >= 0.3 is 0 Å². The maximum Gasteiger partial charge on any atom is 0.255 e. The lowest BCUT2D eigenvalue weighted by Crippen LogP contribution is -2.21. The molecule has 8 heteroatoms. The topological polar surface area (TPSA) is 59.2 Å². The molecule has 20 heavy (non-hydrogen) atoms. The zero-order chi connectivity index (χ0) is 14.3. The van der Waals surface area contributed by atoms with Crippen molar-refractivity contribution in [2.75, 3.05) is 11.9 Å². The molecule has 0 saturated heterocycles. The fourth-order valence-electron chi connectivity index (χ4n) is 2.13. The Balaban J connectivity index is 2.04. The Labute approximate surface area is 125 Å². The number of hydrogen-bond donors (Lipinski definition) is 0. The van der Waals surface area contributed by atoms with E-state index in [1.54, 1.807) is 15.9 Å². The molecule has 0 aliphatic rings. The summed E-state index contributed by atoms with van der Waals surface area (Å²) in [6.45, 7) is 4.60. The van der Waals surface area contributed by atoms with Crippen molar-refractivity contribution in [3.05, 3.63) is 33.1 Å². The Morgan fingerprint density at radius 2 is 2.15 bits per heavy atom. The third-order valence-electron chi connectivity index (χ3n) is 3.00. The number of hydrogen-bond acceptors (Lipinski definition) is 6. The van der Waals surface area contributed by atoms with E-state index in [0.29, 0.717) is 17.5 Å². The van der Waals surface area contributed by atoms with E-state index in [1.165, 1.54) is 6.33 Å². The number of nitrogens with zero attached hydrogens (tertiary/aromatic N) is 6. The highest BCUT2D eigenvalue weighted by molar-refractivity contribution is 7.09. The molecule has 3 aromatic heterocycles. The summed E-state index contributed by atoms with van der Waals surface area (Å²) in [5.41, 5.74) is 1.90. The second-order valence-corrected chi connectivity index (χ2v) is 5.96. The zero-order valence-electron chi connectivity index (χ0n) is 11.3. The van der Waals surface area contributed by atoms with Crippen LogP contribution in [-0.4, -0.2) is 31.6 Å². The molecule has 0 bridgehead atoms. The Hall–Kier alpha value is -1.73. The minimum Gasteiger partial charge on any atom is -0.353 e. The Morgan fingerprint density at radius 1 is 1.35 bits per heavy atom. The van der Waals surface area contributed by atoms with Gasteiger partial charge in [0.05, 0.1) is 17.2 Å². The predicted molar refractivity (Wildman–Crippen MR) is 79.5 cm³/mol. The van der Waals surface area contributed by atoms with Crippen LogP contribution in [-0.2, 0) is 6.54 Å². The monoisotopic (exact) mass is 308 g/mol. The van der Waals surface area contributed by atoms with E-state index >= 15 is 0 Å². The fraction of sp³-hybridized carbons (Fsp3) is 0.333. The van der Waals surface area contributed by atoms with E-state index in [0.717, 1.165) is 22.1 Å². The average molecular weight is 309 g/mol. The summed E-state index contributed by atoms with van der Waals surface area (Å²) in [6.07, 6.45) is 1.47. The van der Waals surface area contributed by atoms with E-state index < -0.39 is 0 Å². The van der Waals surface area contributed by atoms with E-state index in [1.807, 2.05) is 20.9 Å². The minimum atomic E-state index is 0.446. The van der Waals surface area contributed by atoms with Gasteiger partial charge < -0.3 is 4.90 Å². The lowest BCUT2D eigenvalue weighted by molar-refractivity contribution is 0.811. The van der Waals surface area contributed by atoms with Gasteiger partial charge in [-0.05, 0) is 13.8 Å². The largest absolute Gasteiger partial charge is 0.353 e. The van der Waals surface area contributed by atoms with Gasteiger partial charge in [0.1, 0.15) is 17.3 Å². The van der Waals surface area contributed by atoms with Crippen molar-refractivity contribution in [2.45, 2.75) is 20.4 Å². The van der Waals surface area contributed by atoms with Gasteiger partial charge in [-0.3, -0.25) is 0 Å². The Bertz CT molecular complexity index is 764. The second-order valence-electron chi connectivity index (χ2n) is 4.54. The van der Waals surface area contributed by atoms with Crippen molar-refractivity contribution in [1.82, 2.24) is 24.6 Å². The molecule has 3 heterocycles. The fourth-order valence-corrected chi connectivity index (χ4v) is 2.89. The van der Waals surface area contributed by atoms with Crippen LogP contribution in [0.3, 0.4) is 0 Å². The first-order valence-corrected chi connectivity index (χ1v) is 7.30. The molecule has 0 unspecified atom stereocenters. The van der Waals surface area contributed by atoms with Gasteiger partial charge in [0.2, 0.25) is 0 Å². The highest BCUT2D eigenvalue weighted by Gasteiger charge is 2.16. The van der Waals surface area contributed by atoms with Gasteiger partial charge in [-0.15, -0.1) is 11.3 Å².